The van der Waals surface area contributed by atoms with Crippen molar-refractivity contribution in [2.75, 3.05) is 24.7 Å². The summed E-state index contributed by atoms with van der Waals surface area (Å²) in [6.45, 7) is 5.92. The largest absolute Gasteiger partial charge is 0.464 e. The average molecular weight is 495 g/mol. The van der Waals surface area contributed by atoms with Gasteiger partial charge < -0.3 is 9.26 Å². The lowest BCUT2D eigenvalue weighted by atomic mass is 10.1. The minimum atomic E-state index is -0.636. The fraction of sp³-hybridized carbons (Fsp3) is 0.462. The van der Waals surface area contributed by atoms with Gasteiger partial charge in [-0.25, -0.2) is 15.0 Å². The summed E-state index contributed by atoms with van der Waals surface area (Å²) >= 11 is 0. The van der Waals surface area contributed by atoms with Crippen LogP contribution in [0.3, 0.4) is 0 Å². The van der Waals surface area contributed by atoms with Crippen LogP contribution >= 0.6 is 0 Å². The van der Waals surface area contributed by atoms with Crippen LogP contribution in [0.25, 0.3) is 11.1 Å². The number of hydrogen-bond donors (Lipinski definition) is 0. The molecule has 1 amide bonds. The molecule has 0 aromatic carbocycles. The Bertz CT molecular complexity index is 1160. The van der Waals surface area contributed by atoms with Crippen LogP contribution in [-0.2, 0) is 11.2 Å². The van der Waals surface area contributed by atoms with Gasteiger partial charge in [-0.1, -0.05) is 18.2 Å². The highest BCUT2D eigenvalue weighted by molar-refractivity contribution is 6.04. The minimum absolute atomic E-state index is 0.0117. The molecule has 9 nitrogen and oxygen atoms in total. The first kappa shape index (κ1) is 25.4. The van der Waals surface area contributed by atoms with Gasteiger partial charge in [0.1, 0.15) is 5.82 Å². The Morgan fingerprint density at radius 1 is 1.19 bits per heavy atom. The van der Waals surface area contributed by atoms with Crippen LogP contribution in [0.1, 0.15) is 63.1 Å². The molecule has 1 aliphatic carbocycles. The first-order chi connectivity index (χ1) is 17.6. The summed E-state index contributed by atoms with van der Waals surface area (Å²) in [5, 5.41) is 4.05. The monoisotopic (exact) mass is 494 g/mol. The van der Waals surface area contributed by atoms with Crippen molar-refractivity contribution in [3.05, 3.63) is 54.6 Å². The highest BCUT2D eigenvalue weighted by Crippen LogP contribution is 2.38. The molecule has 1 fully saturated rings. The van der Waals surface area contributed by atoms with E-state index in [0.29, 0.717) is 43.2 Å². The molecule has 3 aromatic heterocycles. The van der Waals surface area contributed by atoms with Crippen LogP contribution in [-0.4, -0.2) is 50.8 Å². The van der Waals surface area contributed by atoms with Gasteiger partial charge in [-0.3, -0.25) is 14.1 Å². The van der Waals surface area contributed by atoms with E-state index in [1.807, 2.05) is 13.0 Å². The number of ether oxygens (including phenoxy) is 1. The quantitative estimate of drug-likeness (QED) is 0.231. The molecule has 190 valence electrons. The molecule has 1 aliphatic rings. The molecule has 0 spiro atoms. The number of anilines is 1. The second-order valence-electron chi connectivity index (χ2n) is 8.72. The maximum Gasteiger partial charge on any atom is 0.316 e. The van der Waals surface area contributed by atoms with E-state index in [0.717, 1.165) is 49.1 Å². The third-order valence-electron chi connectivity index (χ3n) is 5.90. The van der Waals surface area contributed by atoms with Crippen LogP contribution in [0, 0.1) is 0 Å². The fourth-order valence-corrected chi connectivity index (χ4v) is 3.75. The number of aromatic nitrogens is 5. The zero-order valence-electron chi connectivity index (χ0n) is 20.5. The van der Waals surface area contributed by atoms with Gasteiger partial charge in [0, 0.05) is 55.0 Å². The number of amides is 1. The minimum Gasteiger partial charge on any atom is -0.464 e. The molecular formula is C26H31FN6O3. The highest BCUT2D eigenvalue weighted by atomic mass is 19.1. The van der Waals surface area contributed by atoms with Gasteiger partial charge in [-0.15, -0.1) is 0 Å². The molecule has 0 atom stereocenters. The van der Waals surface area contributed by atoms with Gasteiger partial charge in [0.25, 0.3) is 5.91 Å². The smallest absolute Gasteiger partial charge is 0.316 e. The summed E-state index contributed by atoms with van der Waals surface area (Å²) in [6.07, 6.45) is 10.4. The zero-order valence-corrected chi connectivity index (χ0v) is 20.5. The second-order valence-corrected chi connectivity index (χ2v) is 8.72. The number of halogens is 1. The van der Waals surface area contributed by atoms with Crippen molar-refractivity contribution in [3.8, 4) is 17.1 Å². The van der Waals surface area contributed by atoms with Crippen molar-refractivity contribution >= 4 is 11.7 Å². The molecular weight excluding hydrogens is 463 g/mol. The van der Waals surface area contributed by atoms with Gasteiger partial charge in [0.05, 0.1) is 13.3 Å². The average Bonchev–Trinajstić information content (AvgIpc) is 3.64. The molecule has 0 unspecified atom stereocenters. The molecule has 3 heterocycles. The van der Waals surface area contributed by atoms with Crippen LogP contribution < -0.4 is 9.64 Å². The maximum absolute atomic E-state index is 13.1. The fourth-order valence-electron chi connectivity index (χ4n) is 3.75. The molecule has 3 aromatic rings. The molecule has 0 radical (unpaired) electrons. The van der Waals surface area contributed by atoms with Crippen LogP contribution in [0.5, 0.6) is 6.01 Å². The van der Waals surface area contributed by atoms with Crippen LogP contribution in [0.15, 0.2) is 47.4 Å². The number of nitrogens with zero attached hydrogens (tertiary/aromatic N) is 6. The van der Waals surface area contributed by atoms with Crippen molar-refractivity contribution in [2.24, 2.45) is 0 Å². The van der Waals surface area contributed by atoms with Crippen LogP contribution in [0.4, 0.5) is 10.2 Å². The predicted octanol–water partition coefficient (Wildman–Crippen LogP) is 4.86. The Balaban J connectivity index is 1.40. The van der Waals surface area contributed by atoms with E-state index in [4.69, 9.17) is 9.26 Å². The summed E-state index contributed by atoms with van der Waals surface area (Å²) in [4.78, 5) is 32.0. The van der Waals surface area contributed by atoms with E-state index in [1.54, 1.807) is 29.6 Å². The van der Waals surface area contributed by atoms with Crippen molar-refractivity contribution in [1.29, 1.82) is 0 Å². The van der Waals surface area contributed by atoms with Crippen molar-refractivity contribution in [2.45, 2.75) is 57.8 Å². The first-order valence-electron chi connectivity index (χ1n) is 12.4. The Morgan fingerprint density at radius 2 is 2.00 bits per heavy atom. The van der Waals surface area contributed by atoms with Gasteiger partial charge in [-0.2, -0.15) is 4.98 Å². The summed E-state index contributed by atoms with van der Waals surface area (Å²) in [5.41, 5.74) is 1.79. The number of carbonyl (C=O) groups is 1. The summed E-state index contributed by atoms with van der Waals surface area (Å²) in [5.74, 6) is 2.09. The predicted molar refractivity (Wildman–Crippen MR) is 132 cm³/mol. The normalized spacial score (nSPS) is 12.9. The zero-order chi connectivity index (χ0) is 25.3. The Hall–Kier alpha value is -3.69. The Kier molecular flexibility index (Phi) is 8.70. The Labute approximate surface area is 209 Å². The number of hydrogen-bond acceptors (Lipinski definition) is 8. The van der Waals surface area contributed by atoms with Gasteiger partial charge in [-0.05, 0) is 50.3 Å². The molecule has 0 saturated heterocycles. The van der Waals surface area contributed by atoms with Crippen LogP contribution in [0.2, 0.25) is 0 Å². The lowest BCUT2D eigenvalue weighted by Gasteiger charge is -2.23. The Morgan fingerprint density at radius 3 is 2.72 bits per heavy atom. The van der Waals surface area contributed by atoms with E-state index in [1.165, 1.54) is 0 Å². The molecule has 4 rings (SSSR count). The first-order valence-corrected chi connectivity index (χ1v) is 12.4. The van der Waals surface area contributed by atoms with Crippen molar-refractivity contribution in [1.82, 2.24) is 25.1 Å². The van der Waals surface area contributed by atoms with E-state index < -0.39 is 6.67 Å². The van der Waals surface area contributed by atoms with E-state index in [9.17, 15) is 9.18 Å². The summed E-state index contributed by atoms with van der Waals surface area (Å²) < 4.78 is 23.6. The van der Waals surface area contributed by atoms with E-state index >= 15 is 0 Å². The molecule has 0 N–H and O–H groups in total. The van der Waals surface area contributed by atoms with Crippen molar-refractivity contribution in [3.63, 3.8) is 0 Å². The standard InChI is InChI=1S/C26H31FN6O3/c1-3-35-26-29-16-21(17-30-26)20-11-13-28-22(15-20)33(25(34)18(2)10-12-27)14-6-4-5-7-23-31-24(32-36-23)19-8-9-19/h11,13,15-17,19H,2-10,12,14H2,1H3. The lowest BCUT2D eigenvalue weighted by Crippen LogP contribution is -2.33. The number of pyridine rings is 1. The molecule has 0 aliphatic heterocycles. The topological polar surface area (TPSA) is 107 Å². The summed E-state index contributed by atoms with van der Waals surface area (Å²) in [7, 11) is 0. The molecule has 36 heavy (non-hydrogen) atoms. The van der Waals surface area contributed by atoms with Crippen molar-refractivity contribution < 1.29 is 18.4 Å². The maximum atomic E-state index is 13.1. The molecule has 1 saturated carbocycles. The molecule has 10 heteroatoms. The summed E-state index contributed by atoms with van der Waals surface area (Å²) in [6, 6.07) is 3.93. The molecule has 0 bridgehead atoms. The lowest BCUT2D eigenvalue weighted by molar-refractivity contribution is -0.115. The third kappa shape index (κ3) is 6.71. The van der Waals surface area contributed by atoms with Gasteiger partial charge >= 0.3 is 6.01 Å². The number of alkyl halides is 1. The number of carbonyl (C=O) groups excluding carboxylic acids is 1. The van der Waals surface area contributed by atoms with Gasteiger partial charge in [0.2, 0.25) is 5.89 Å². The SMILES string of the molecule is C=C(CCF)C(=O)N(CCCCCc1nc(C2CC2)no1)c1cc(-c2cnc(OCC)nc2)ccn1. The van der Waals surface area contributed by atoms with Gasteiger partial charge in [0.15, 0.2) is 5.82 Å². The van der Waals surface area contributed by atoms with E-state index in [2.05, 4.69) is 31.7 Å². The number of aryl methyl sites for hydroxylation is 1. The number of unbranched alkanes of at least 4 members (excludes halogenated alkanes) is 2. The second kappa shape index (κ2) is 12.3. The van der Waals surface area contributed by atoms with E-state index in [-0.39, 0.29) is 17.9 Å². The third-order valence-corrected chi connectivity index (χ3v) is 5.90. The number of rotatable bonds is 14. The highest BCUT2D eigenvalue weighted by Gasteiger charge is 2.28.